The Hall–Kier alpha value is 0. The molecule has 17 heavy (non-hydrogen) atoms. The molecule has 0 aliphatic carbocycles. The highest BCUT2D eigenvalue weighted by atomic mass is 14.3. The average molecular weight is 240 g/mol. The maximum Gasteiger partial charge on any atom is -0.0351 e. The Labute approximate surface area is 111 Å². The summed E-state index contributed by atoms with van der Waals surface area (Å²) < 4.78 is 0. The van der Waals surface area contributed by atoms with Crippen molar-refractivity contribution in [2.75, 3.05) is 0 Å². The van der Waals surface area contributed by atoms with Gasteiger partial charge >= 0.3 is 0 Å². The molecule has 0 radical (unpaired) electrons. The Morgan fingerprint density at radius 2 is 1.12 bits per heavy atom. The SMILES string of the molecule is CC(CC(C)(C)C)CC(C)(C)CCC(C)(C)C. The second-order valence-corrected chi connectivity index (χ2v) is 9.30. The molecule has 0 aromatic carbocycles. The summed E-state index contributed by atoms with van der Waals surface area (Å²) in [7, 11) is 0. The molecule has 0 saturated carbocycles. The molecule has 0 bridgehead atoms. The maximum atomic E-state index is 2.44. The lowest BCUT2D eigenvalue weighted by Crippen LogP contribution is -2.21. The van der Waals surface area contributed by atoms with Crippen LogP contribution in [0.2, 0.25) is 0 Å². The molecule has 0 heteroatoms. The third-order valence-corrected chi connectivity index (χ3v) is 3.41. The predicted molar refractivity (Wildman–Crippen MR) is 80.3 cm³/mol. The summed E-state index contributed by atoms with van der Waals surface area (Å²) in [6.45, 7) is 21.4. The van der Waals surface area contributed by atoms with Crippen LogP contribution in [0, 0.1) is 22.2 Å². The zero-order chi connectivity index (χ0) is 13.9. The van der Waals surface area contributed by atoms with E-state index in [4.69, 9.17) is 0 Å². The summed E-state index contributed by atoms with van der Waals surface area (Å²) in [4.78, 5) is 0. The van der Waals surface area contributed by atoms with Gasteiger partial charge in [-0.1, -0.05) is 62.3 Å². The van der Waals surface area contributed by atoms with Crippen LogP contribution in [0.25, 0.3) is 0 Å². The minimum atomic E-state index is 0.472. The minimum Gasteiger partial charge on any atom is -0.0625 e. The number of hydrogen-bond donors (Lipinski definition) is 0. The van der Waals surface area contributed by atoms with E-state index < -0.39 is 0 Å². The van der Waals surface area contributed by atoms with Crippen molar-refractivity contribution in [1.29, 1.82) is 0 Å². The Bertz CT molecular complexity index is 209. The first-order chi connectivity index (χ1) is 7.31. The lowest BCUT2D eigenvalue weighted by atomic mass is 9.72. The summed E-state index contributed by atoms with van der Waals surface area (Å²) in [5.74, 6) is 0.838. The van der Waals surface area contributed by atoms with Crippen LogP contribution in [0.15, 0.2) is 0 Å². The largest absolute Gasteiger partial charge is 0.0625 e. The van der Waals surface area contributed by atoms with E-state index in [-0.39, 0.29) is 0 Å². The van der Waals surface area contributed by atoms with Gasteiger partial charge in [-0.3, -0.25) is 0 Å². The van der Waals surface area contributed by atoms with Gasteiger partial charge in [0.1, 0.15) is 0 Å². The Balaban J connectivity index is 4.16. The monoisotopic (exact) mass is 240 g/mol. The highest BCUT2D eigenvalue weighted by Gasteiger charge is 2.25. The molecule has 0 aliphatic rings. The first-order valence-corrected chi connectivity index (χ1v) is 7.31. The van der Waals surface area contributed by atoms with Gasteiger partial charge in [0.15, 0.2) is 0 Å². The van der Waals surface area contributed by atoms with Crippen molar-refractivity contribution in [2.45, 2.75) is 88.0 Å². The molecule has 0 saturated heterocycles. The second kappa shape index (κ2) is 5.76. The van der Waals surface area contributed by atoms with Crippen molar-refractivity contribution in [3.63, 3.8) is 0 Å². The van der Waals surface area contributed by atoms with Gasteiger partial charge < -0.3 is 0 Å². The van der Waals surface area contributed by atoms with E-state index in [0.29, 0.717) is 16.2 Å². The van der Waals surface area contributed by atoms with Crippen LogP contribution < -0.4 is 0 Å². The van der Waals surface area contributed by atoms with Crippen LogP contribution >= 0.6 is 0 Å². The standard InChI is InChI=1S/C17H36/c1-14(12-16(5,6)7)13-17(8,9)11-10-15(2,3)4/h14H,10-13H2,1-9H3. The number of hydrogen-bond acceptors (Lipinski definition) is 0. The Morgan fingerprint density at radius 3 is 1.47 bits per heavy atom. The zero-order valence-corrected chi connectivity index (χ0v) is 13.9. The van der Waals surface area contributed by atoms with Gasteiger partial charge in [0.05, 0.1) is 0 Å². The predicted octanol–water partition coefficient (Wildman–Crippen LogP) is 6.30. The third-order valence-electron chi connectivity index (χ3n) is 3.41. The Morgan fingerprint density at radius 1 is 0.647 bits per heavy atom. The van der Waals surface area contributed by atoms with Crippen molar-refractivity contribution in [3.8, 4) is 0 Å². The molecule has 0 nitrogen and oxygen atoms in total. The van der Waals surface area contributed by atoms with Gasteiger partial charge in [0.2, 0.25) is 0 Å². The van der Waals surface area contributed by atoms with Gasteiger partial charge in [0.25, 0.3) is 0 Å². The number of rotatable bonds is 5. The second-order valence-electron chi connectivity index (χ2n) is 9.30. The quantitative estimate of drug-likeness (QED) is 0.529. The van der Waals surface area contributed by atoms with Crippen LogP contribution in [0.4, 0.5) is 0 Å². The van der Waals surface area contributed by atoms with Crippen molar-refractivity contribution >= 4 is 0 Å². The van der Waals surface area contributed by atoms with E-state index in [0.717, 1.165) is 5.92 Å². The lowest BCUT2D eigenvalue weighted by molar-refractivity contribution is 0.184. The summed E-state index contributed by atoms with van der Waals surface area (Å²) in [5.41, 5.74) is 1.45. The maximum absolute atomic E-state index is 2.44. The molecule has 1 unspecified atom stereocenters. The molecule has 0 aromatic heterocycles. The molecule has 0 heterocycles. The lowest BCUT2D eigenvalue weighted by Gasteiger charge is -2.33. The molecule has 0 spiro atoms. The van der Waals surface area contributed by atoms with Crippen molar-refractivity contribution in [1.82, 2.24) is 0 Å². The molecule has 1 atom stereocenters. The molecule has 0 N–H and O–H groups in total. The summed E-state index contributed by atoms with van der Waals surface area (Å²) in [6.07, 6.45) is 5.39. The van der Waals surface area contributed by atoms with E-state index in [1.54, 1.807) is 0 Å². The van der Waals surface area contributed by atoms with Crippen molar-refractivity contribution < 1.29 is 0 Å². The Kier molecular flexibility index (Phi) is 5.76. The van der Waals surface area contributed by atoms with Crippen LogP contribution in [-0.2, 0) is 0 Å². The van der Waals surface area contributed by atoms with E-state index in [1.807, 2.05) is 0 Å². The van der Waals surface area contributed by atoms with Gasteiger partial charge in [0, 0.05) is 0 Å². The summed E-state index contributed by atoms with van der Waals surface area (Å²) in [5, 5.41) is 0. The minimum absolute atomic E-state index is 0.472. The molecule has 0 fully saturated rings. The van der Waals surface area contributed by atoms with E-state index >= 15 is 0 Å². The fraction of sp³-hybridized carbons (Fsp3) is 1.00. The molecule has 0 aromatic rings. The van der Waals surface area contributed by atoms with Crippen molar-refractivity contribution in [3.05, 3.63) is 0 Å². The smallest absolute Gasteiger partial charge is 0.0351 e. The molecule has 104 valence electrons. The van der Waals surface area contributed by atoms with Crippen LogP contribution in [0.3, 0.4) is 0 Å². The average Bonchev–Trinajstić information content (AvgIpc) is 1.94. The van der Waals surface area contributed by atoms with E-state index in [2.05, 4.69) is 62.3 Å². The topological polar surface area (TPSA) is 0 Å². The van der Waals surface area contributed by atoms with Gasteiger partial charge in [-0.2, -0.15) is 0 Å². The van der Waals surface area contributed by atoms with Gasteiger partial charge in [-0.05, 0) is 47.8 Å². The first kappa shape index (κ1) is 17.0. The molecular weight excluding hydrogens is 204 g/mol. The molecule has 0 rings (SSSR count). The summed E-state index contributed by atoms with van der Waals surface area (Å²) in [6, 6.07) is 0. The van der Waals surface area contributed by atoms with Crippen LogP contribution in [-0.4, -0.2) is 0 Å². The fourth-order valence-corrected chi connectivity index (χ4v) is 2.88. The van der Waals surface area contributed by atoms with Gasteiger partial charge in [-0.15, -0.1) is 0 Å². The van der Waals surface area contributed by atoms with Crippen LogP contribution in [0.5, 0.6) is 0 Å². The molecular formula is C17H36. The fourth-order valence-electron chi connectivity index (χ4n) is 2.88. The highest BCUT2D eigenvalue weighted by molar-refractivity contribution is 4.77. The van der Waals surface area contributed by atoms with E-state index in [9.17, 15) is 0 Å². The van der Waals surface area contributed by atoms with Gasteiger partial charge in [-0.25, -0.2) is 0 Å². The summed E-state index contributed by atoms with van der Waals surface area (Å²) >= 11 is 0. The highest BCUT2D eigenvalue weighted by Crippen LogP contribution is 2.38. The zero-order valence-electron chi connectivity index (χ0n) is 13.9. The molecule has 0 amide bonds. The molecule has 0 aliphatic heterocycles. The van der Waals surface area contributed by atoms with E-state index in [1.165, 1.54) is 25.7 Å². The third kappa shape index (κ3) is 10.9. The first-order valence-electron chi connectivity index (χ1n) is 7.31. The normalized spacial score (nSPS) is 16.1. The van der Waals surface area contributed by atoms with Crippen LogP contribution in [0.1, 0.15) is 88.0 Å². The van der Waals surface area contributed by atoms with Crippen molar-refractivity contribution in [2.24, 2.45) is 22.2 Å².